The van der Waals surface area contributed by atoms with Crippen LogP contribution in [0.5, 0.6) is 0 Å². The maximum atomic E-state index is 12.9. The van der Waals surface area contributed by atoms with Crippen molar-refractivity contribution in [1.82, 2.24) is 19.6 Å². The van der Waals surface area contributed by atoms with Gasteiger partial charge in [-0.05, 0) is 31.9 Å². The van der Waals surface area contributed by atoms with E-state index in [-0.39, 0.29) is 35.5 Å². The van der Waals surface area contributed by atoms with Crippen LogP contribution in [0.3, 0.4) is 0 Å². The molecule has 33 heavy (non-hydrogen) atoms. The van der Waals surface area contributed by atoms with Crippen molar-refractivity contribution < 1.29 is 9.59 Å². The lowest BCUT2D eigenvalue weighted by Crippen LogP contribution is -2.32. The molecule has 0 atom stereocenters. The predicted molar refractivity (Wildman–Crippen MR) is 130 cm³/mol. The van der Waals surface area contributed by atoms with Gasteiger partial charge in [0.05, 0.1) is 11.4 Å². The highest BCUT2D eigenvalue weighted by molar-refractivity contribution is 8.01. The van der Waals surface area contributed by atoms with Gasteiger partial charge in [0.15, 0.2) is 4.34 Å². The zero-order valence-corrected chi connectivity index (χ0v) is 20.4. The number of benzene rings is 1. The van der Waals surface area contributed by atoms with Gasteiger partial charge in [-0.2, -0.15) is 0 Å². The van der Waals surface area contributed by atoms with E-state index < -0.39 is 0 Å². The number of nitrogens with zero attached hydrogens (tertiary/aromatic N) is 5. The molecular formula is C22H26N6O3S2. The van der Waals surface area contributed by atoms with Crippen LogP contribution < -0.4 is 15.8 Å². The number of amides is 2. The first-order valence-corrected chi connectivity index (χ1v) is 12.6. The van der Waals surface area contributed by atoms with Gasteiger partial charge < -0.3 is 5.32 Å². The van der Waals surface area contributed by atoms with Crippen LogP contribution in [0.2, 0.25) is 0 Å². The molecule has 0 unspecified atom stereocenters. The smallest absolute Gasteiger partial charge is 0.295 e. The highest BCUT2D eigenvalue weighted by atomic mass is 32.2. The molecule has 1 aromatic carbocycles. The van der Waals surface area contributed by atoms with Gasteiger partial charge in [0, 0.05) is 31.7 Å². The number of hydrogen-bond acceptors (Lipinski definition) is 7. The summed E-state index contributed by atoms with van der Waals surface area (Å²) < 4.78 is 3.98. The first-order valence-electron chi connectivity index (χ1n) is 10.8. The molecule has 9 nitrogen and oxygen atoms in total. The Labute approximate surface area is 199 Å². The van der Waals surface area contributed by atoms with E-state index in [0.717, 1.165) is 22.9 Å². The predicted octanol–water partition coefficient (Wildman–Crippen LogP) is 3.36. The van der Waals surface area contributed by atoms with E-state index in [0.29, 0.717) is 23.0 Å². The van der Waals surface area contributed by atoms with Crippen molar-refractivity contribution in [1.29, 1.82) is 0 Å². The Morgan fingerprint density at radius 1 is 1.24 bits per heavy atom. The summed E-state index contributed by atoms with van der Waals surface area (Å²) in [5, 5.41) is 11.7. The molecule has 1 fully saturated rings. The summed E-state index contributed by atoms with van der Waals surface area (Å²) in [7, 11) is 1.79. The molecule has 1 aliphatic rings. The van der Waals surface area contributed by atoms with Crippen molar-refractivity contribution in [3.8, 4) is 5.69 Å². The number of nitrogens with one attached hydrogen (secondary N) is 1. The van der Waals surface area contributed by atoms with Gasteiger partial charge >= 0.3 is 0 Å². The molecule has 0 bridgehead atoms. The maximum absolute atomic E-state index is 12.9. The third-order valence-corrected chi connectivity index (χ3v) is 7.52. The minimum absolute atomic E-state index is 0.0592. The normalized spacial score (nSPS) is 13.2. The summed E-state index contributed by atoms with van der Waals surface area (Å²) in [6, 6.07) is 9.54. The van der Waals surface area contributed by atoms with Crippen LogP contribution in [-0.2, 0) is 16.6 Å². The Kier molecular flexibility index (Phi) is 6.99. The molecule has 0 radical (unpaired) electrons. The average molecular weight is 487 g/mol. The Morgan fingerprint density at radius 3 is 2.64 bits per heavy atom. The van der Waals surface area contributed by atoms with E-state index >= 15 is 0 Å². The van der Waals surface area contributed by atoms with Crippen molar-refractivity contribution in [2.24, 2.45) is 7.05 Å². The minimum Gasteiger partial charge on any atom is -0.320 e. The third-order valence-electron chi connectivity index (χ3n) is 5.46. The van der Waals surface area contributed by atoms with Gasteiger partial charge in [-0.1, -0.05) is 48.2 Å². The van der Waals surface area contributed by atoms with E-state index in [1.54, 1.807) is 23.6 Å². The van der Waals surface area contributed by atoms with E-state index in [2.05, 4.69) is 15.5 Å². The van der Waals surface area contributed by atoms with E-state index in [1.807, 2.05) is 37.3 Å². The number of anilines is 2. The SMILES string of the molecule is CCC(=O)N(c1nnc(SCCC(=O)Nc2c(C)n(C)n(-c3ccccc3)c2=O)s1)C1CC1. The highest BCUT2D eigenvalue weighted by Gasteiger charge is 2.35. The summed E-state index contributed by atoms with van der Waals surface area (Å²) in [6.07, 6.45) is 2.65. The third kappa shape index (κ3) is 5.03. The first kappa shape index (κ1) is 23.2. The molecule has 0 spiro atoms. The lowest BCUT2D eigenvalue weighted by molar-refractivity contribution is -0.118. The van der Waals surface area contributed by atoms with Crippen molar-refractivity contribution in [3.05, 3.63) is 46.4 Å². The van der Waals surface area contributed by atoms with Crippen molar-refractivity contribution in [3.63, 3.8) is 0 Å². The lowest BCUT2D eigenvalue weighted by atomic mass is 10.3. The summed E-state index contributed by atoms with van der Waals surface area (Å²) in [4.78, 5) is 39.4. The monoisotopic (exact) mass is 486 g/mol. The topological polar surface area (TPSA) is 102 Å². The van der Waals surface area contributed by atoms with Crippen LogP contribution in [0.4, 0.5) is 10.8 Å². The molecule has 174 valence electrons. The molecule has 2 heterocycles. The number of aromatic nitrogens is 4. The Bertz CT molecular complexity index is 1210. The summed E-state index contributed by atoms with van der Waals surface area (Å²) in [5.74, 6) is 0.313. The average Bonchev–Trinajstić information content (AvgIpc) is 3.50. The van der Waals surface area contributed by atoms with E-state index in [1.165, 1.54) is 27.8 Å². The van der Waals surface area contributed by atoms with Crippen LogP contribution in [0.15, 0.2) is 39.5 Å². The summed E-state index contributed by atoms with van der Waals surface area (Å²) in [6.45, 7) is 3.65. The van der Waals surface area contributed by atoms with Crippen LogP contribution in [0.1, 0.15) is 38.3 Å². The van der Waals surface area contributed by atoms with Gasteiger partial charge in [-0.25, -0.2) is 4.68 Å². The van der Waals surface area contributed by atoms with Gasteiger partial charge in [-0.3, -0.25) is 24.0 Å². The Morgan fingerprint density at radius 2 is 1.97 bits per heavy atom. The molecule has 0 aliphatic heterocycles. The van der Waals surface area contributed by atoms with Crippen molar-refractivity contribution in [2.45, 2.75) is 49.9 Å². The molecule has 2 aromatic heterocycles. The van der Waals surface area contributed by atoms with Gasteiger partial charge in [-0.15, -0.1) is 10.2 Å². The fraction of sp³-hybridized carbons (Fsp3) is 0.409. The molecule has 11 heteroatoms. The second kappa shape index (κ2) is 9.92. The second-order valence-electron chi connectivity index (χ2n) is 7.78. The molecule has 3 aromatic rings. The largest absolute Gasteiger partial charge is 0.320 e. The number of rotatable bonds is 9. The fourth-order valence-corrected chi connectivity index (χ4v) is 5.41. The Hall–Kier alpha value is -2.92. The number of carbonyl (C=O) groups excluding carboxylic acids is 2. The minimum atomic E-state index is -0.267. The molecular weight excluding hydrogens is 460 g/mol. The summed E-state index contributed by atoms with van der Waals surface area (Å²) in [5.41, 5.74) is 1.43. The van der Waals surface area contributed by atoms with Crippen LogP contribution in [0.25, 0.3) is 5.69 Å². The number of carbonyl (C=O) groups is 2. The summed E-state index contributed by atoms with van der Waals surface area (Å²) >= 11 is 2.79. The first-order chi connectivity index (χ1) is 15.9. The number of para-hydroxylation sites is 1. The second-order valence-corrected chi connectivity index (χ2v) is 10.1. The van der Waals surface area contributed by atoms with Gasteiger partial charge in [0.25, 0.3) is 5.56 Å². The zero-order chi connectivity index (χ0) is 23.5. The molecule has 1 aliphatic carbocycles. The van der Waals surface area contributed by atoms with Crippen molar-refractivity contribution >= 4 is 45.7 Å². The molecule has 4 rings (SSSR count). The molecule has 1 saturated carbocycles. The fourth-order valence-electron chi connectivity index (χ4n) is 3.47. The number of hydrogen-bond donors (Lipinski definition) is 1. The van der Waals surface area contributed by atoms with E-state index in [4.69, 9.17) is 0 Å². The quantitative estimate of drug-likeness (QED) is 0.368. The highest BCUT2D eigenvalue weighted by Crippen LogP contribution is 2.36. The Balaban J connectivity index is 1.36. The molecule has 2 amide bonds. The van der Waals surface area contributed by atoms with Crippen molar-refractivity contribution in [2.75, 3.05) is 16.0 Å². The standard InChI is InChI=1S/C22H26N6O3S2/c1-4-18(30)27(15-10-11-15)21-24-25-22(33-21)32-13-12-17(29)23-19-14(2)26(3)28(20(19)31)16-8-6-5-7-9-16/h5-9,15H,4,10-13H2,1-3H3,(H,23,29). The van der Waals surface area contributed by atoms with E-state index in [9.17, 15) is 14.4 Å². The molecule has 1 N–H and O–H groups in total. The van der Waals surface area contributed by atoms with Crippen LogP contribution in [0, 0.1) is 6.92 Å². The number of thioether (sulfide) groups is 1. The van der Waals surface area contributed by atoms with Gasteiger partial charge in [0.1, 0.15) is 5.69 Å². The van der Waals surface area contributed by atoms with Gasteiger partial charge in [0.2, 0.25) is 16.9 Å². The van der Waals surface area contributed by atoms with Crippen LogP contribution in [-0.4, -0.2) is 43.2 Å². The lowest BCUT2D eigenvalue weighted by Gasteiger charge is -2.17. The zero-order valence-electron chi connectivity index (χ0n) is 18.8. The molecule has 0 saturated heterocycles. The van der Waals surface area contributed by atoms with Crippen LogP contribution >= 0.6 is 23.1 Å². The maximum Gasteiger partial charge on any atom is 0.295 e.